The largest absolute Gasteiger partial charge is 0.322 e. The second-order valence-electron chi connectivity index (χ2n) is 6.46. The number of para-hydroxylation sites is 1. The highest BCUT2D eigenvalue weighted by molar-refractivity contribution is 7.89. The van der Waals surface area contributed by atoms with Crippen molar-refractivity contribution in [3.05, 3.63) is 59.7 Å². The summed E-state index contributed by atoms with van der Waals surface area (Å²) in [7, 11) is -3.55. The Kier molecular flexibility index (Phi) is 5.74. The summed E-state index contributed by atoms with van der Waals surface area (Å²) in [5, 5.41) is 2.89. The Bertz CT molecular complexity index is 887. The molecule has 1 saturated heterocycles. The fourth-order valence-corrected chi connectivity index (χ4v) is 4.76. The Morgan fingerprint density at radius 2 is 1.77 bits per heavy atom. The van der Waals surface area contributed by atoms with Gasteiger partial charge in [-0.05, 0) is 49.1 Å². The molecule has 1 N–H and O–H groups in total. The maximum absolute atomic E-state index is 12.8. The molecule has 0 aromatic heterocycles. The van der Waals surface area contributed by atoms with Crippen molar-refractivity contribution in [3.63, 3.8) is 0 Å². The zero-order valence-electron chi connectivity index (χ0n) is 14.9. The lowest BCUT2D eigenvalue weighted by Gasteiger charge is -2.26. The van der Waals surface area contributed by atoms with Crippen LogP contribution in [0.1, 0.15) is 42.1 Å². The minimum Gasteiger partial charge on any atom is -0.322 e. The molecule has 0 bridgehead atoms. The maximum Gasteiger partial charge on any atom is 0.255 e. The number of anilines is 1. The molecular weight excluding hydrogens is 348 g/mol. The number of nitrogens with one attached hydrogen (secondary N) is 1. The Morgan fingerprint density at radius 3 is 2.50 bits per heavy atom. The molecular formula is C20H24N2O3S. The SMILES string of the molecule is CCc1ccccc1NC(=O)c1cccc(S(=O)(=O)N2CCCCC2)c1. The molecule has 26 heavy (non-hydrogen) atoms. The molecule has 2 aromatic carbocycles. The normalized spacial score (nSPS) is 15.6. The molecule has 0 atom stereocenters. The summed E-state index contributed by atoms with van der Waals surface area (Å²) in [5.74, 6) is -0.304. The highest BCUT2D eigenvalue weighted by Gasteiger charge is 2.26. The molecule has 2 aromatic rings. The molecule has 5 nitrogen and oxygen atoms in total. The number of aryl methyl sites for hydroxylation is 1. The van der Waals surface area contributed by atoms with Gasteiger partial charge in [-0.15, -0.1) is 0 Å². The fourth-order valence-electron chi connectivity index (χ4n) is 3.20. The van der Waals surface area contributed by atoms with Gasteiger partial charge >= 0.3 is 0 Å². The van der Waals surface area contributed by atoms with E-state index >= 15 is 0 Å². The highest BCUT2D eigenvalue weighted by Crippen LogP contribution is 2.22. The van der Waals surface area contributed by atoms with E-state index in [1.165, 1.54) is 10.4 Å². The number of rotatable bonds is 5. The minimum absolute atomic E-state index is 0.177. The van der Waals surface area contributed by atoms with Crippen LogP contribution < -0.4 is 5.32 Å². The van der Waals surface area contributed by atoms with Crippen molar-refractivity contribution in [2.24, 2.45) is 0 Å². The number of piperidine rings is 1. The number of carbonyl (C=O) groups is 1. The number of sulfonamides is 1. The van der Waals surface area contributed by atoms with Gasteiger partial charge in [0.15, 0.2) is 0 Å². The standard InChI is InChI=1S/C20H24N2O3S/c1-2-16-9-4-5-12-19(16)21-20(23)17-10-8-11-18(15-17)26(24,25)22-13-6-3-7-14-22/h4-5,8-12,15H,2-3,6-7,13-14H2,1H3,(H,21,23). The first-order valence-corrected chi connectivity index (χ1v) is 10.5. The summed E-state index contributed by atoms with van der Waals surface area (Å²) >= 11 is 0. The van der Waals surface area contributed by atoms with Crippen molar-refractivity contribution in [1.29, 1.82) is 0 Å². The van der Waals surface area contributed by atoms with E-state index in [1.54, 1.807) is 18.2 Å². The number of hydrogen-bond donors (Lipinski definition) is 1. The van der Waals surface area contributed by atoms with Crippen molar-refractivity contribution < 1.29 is 13.2 Å². The van der Waals surface area contributed by atoms with Gasteiger partial charge in [0, 0.05) is 24.3 Å². The summed E-state index contributed by atoms with van der Waals surface area (Å²) in [4.78, 5) is 12.8. The van der Waals surface area contributed by atoms with Crippen LogP contribution in [0, 0.1) is 0 Å². The van der Waals surface area contributed by atoms with Crippen LogP contribution in [0.5, 0.6) is 0 Å². The summed E-state index contributed by atoms with van der Waals surface area (Å²) in [6.45, 7) is 3.11. The lowest BCUT2D eigenvalue weighted by Crippen LogP contribution is -2.35. The first-order chi connectivity index (χ1) is 12.5. The number of carbonyl (C=O) groups excluding carboxylic acids is 1. The van der Waals surface area contributed by atoms with Gasteiger partial charge in [0.2, 0.25) is 10.0 Å². The third-order valence-electron chi connectivity index (χ3n) is 4.70. The zero-order chi connectivity index (χ0) is 18.6. The molecule has 0 spiro atoms. The van der Waals surface area contributed by atoms with Crippen LogP contribution in [0.3, 0.4) is 0 Å². The number of nitrogens with zero attached hydrogens (tertiary/aromatic N) is 1. The molecule has 0 saturated carbocycles. The van der Waals surface area contributed by atoms with E-state index in [9.17, 15) is 13.2 Å². The van der Waals surface area contributed by atoms with Gasteiger partial charge in [-0.25, -0.2) is 8.42 Å². The van der Waals surface area contributed by atoms with Crippen LogP contribution in [0.25, 0.3) is 0 Å². The highest BCUT2D eigenvalue weighted by atomic mass is 32.2. The first-order valence-electron chi connectivity index (χ1n) is 9.02. The van der Waals surface area contributed by atoms with Crippen LogP contribution in [0.4, 0.5) is 5.69 Å². The molecule has 0 radical (unpaired) electrons. The molecule has 0 unspecified atom stereocenters. The molecule has 1 heterocycles. The minimum atomic E-state index is -3.55. The average molecular weight is 372 g/mol. The predicted molar refractivity (Wildman–Crippen MR) is 103 cm³/mol. The van der Waals surface area contributed by atoms with Crippen molar-refractivity contribution >= 4 is 21.6 Å². The van der Waals surface area contributed by atoms with E-state index in [1.807, 2.05) is 31.2 Å². The summed E-state index contributed by atoms with van der Waals surface area (Å²) in [5.41, 5.74) is 2.14. The Labute approximate surface area is 155 Å². The number of hydrogen-bond acceptors (Lipinski definition) is 3. The second kappa shape index (κ2) is 8.01. The first kappa shape index (κ1) is 18.6. The van der Waals surface area contributed by atoms with E-state index in [0.717, 1.165) is 36.9 Å². The van der Waals surface area contributed by atoms with E-state index in [2.05, 4.69) is 5.32 Å². The van der Waals surface area contributed by atoms with E-state index in [0.29, 0.717) is 18.7 Å². The van der Waals surface area contributed by atoms with Crippen molar-refractivity contribution in [3.8, 4) is 0 Å². The lowest BCUT2D eigenvalue weighted by molar-refractivity contribution is 0.102. The van der Waals surface area contributed by atoms with Crippen molar-refractivity contribution in [1.82, 2.24) is 4.31 Å². The lowest BCUT2D eigenvalue weighted by atomic mass is 10.1. The van der Waals surface area contributed by atoms with E-state index in [-0.39, 0.29) is 10.8 Å². The quantitative estimate of drug-likeness (QED) is 0.871. The smallest absolute Gasteiger partial charge is 0.255 e. The van der Waals surface area contributed by atoms with Gasteiger partial charge in [0.25, 0.3) is 5.91 Å². The number of amides is 1. The van der Waals surface area contributed by atoms with Gasteiger partial charge in [-0.1, -0.05) is 37.6 Å². The Balaban J connectivity index is 1.83. The van der Waals surface area contributed by atoms with Crippen LogP contribution in [-0.2, 0) is 16.4 Å². The molecule has 0 aliphatic carbocycles. The number of benzene rings is 2. The monoisotopic (exact) mass is 372 g/mol. The fraction of sp³-hybridized carbons (Fsp3) is 0.350. The maximum atomic E-state index is 12.8. The third-order valence-corrected chi connectivity index (χ3v) is 6.59. The van der Waals surface area contributed by atoms with E-state index in [4.69, 9.17) is 0 Å². The Hall–Kier alpha value is -2.18. The predicted octanol–water partition coefficient (Wildman–Crippen LogP) is 3.68. The molecule has 6 heteroatoms. The molecule has 1 aliphatic heterocycles. The van der Waals surface area contributed by atoms with Gasteiger partial charge in [0.05, 0.1) is 4.90 Å². The summed E-state index contributed by atoms with van der Waals surface area (Å²) < 4.78 is 27.1. The van der Waals surface area contributed by atoms with Crippen molar-refractivity contribution in [2.45, 2.75) is 37.5 Å². The van der Waals surface area contributed by atoms with Gasteiger partial charge in [-0.2, -0.15) is 4.31 Å². The Morgan fingerprint density at radius 1 is 1.04 bits per heavy atom. The molecule has 1 fully saturated rings. The topological polar surface area (TPSA) is 66.5 Å². The third kappa shape index (κ3) is 3.97. The average Bonchev–Trinajstić information content (AvgIpc) is 2.69. The van der Waals surface area contributed by atoms with Crippen LogP contribution in [0.15, 0.2) is 53.4 Å². The van der Waals surface area contributed by atoms with Crippen LogP contribution >= 0.6 is 0 Å². The summed E-state index contributed by atoms with van der Waals surface area (Å²) in [6.07, 6.45) is 3.63. The van der Waals surface area contributed by atoms with Crippen LogP contribution in [-0.4, -0.2) is 31.7 Å². The van der Waals surface area contributed by atoms with Gasteiger partial charge in [-0.3, -0.25) is 4.79 Å². The van der Waals surface area contributed by atoms with Crippen molar-refractivity contribution in [2.75, 3.05) is 18.4 Å². The molecule has 3 rings (SSSR count). The van der Waals surface area contributed by atoms with E-state index < -0.39 is 10.0 Å². The van der Waals surface area contributed by atoms with Gasteiger partial charge < -0.3 is 5.32 Å². The summed E-state index contributed by atoms with van der Waals surface area (Å²) in [6, 6.07) is 13.9. The van der Waals surface area contributed by atoms with Gasteiger partial charge in [0.1, 0.15) is 0 Å². The molecule has 1 amide bonds. The second-order valence-corrected chi connectivity index (χ2v) is 8.40. The van der Waals surface area contributed by atoms with Crippen LogP contribution in [0.2, 0.25) is 0 Å². The zero-order valence-corrected chi connectivity index (χ0v) is 15.8. The molecule has 138 valence electrons. The molecule has 1 aliphatic rings.